The Morgan fingerprint density at radius 3 is 1.19 bits per heavy atom. The van der Waals surface area contributed by atoms with Crippen LogP contribution >= 0.6 is 0 Å². The normalized spacial score (nSPS) is 32.5. The average Bonchev–Trinajstić information content (AvgIpc) is 4.18. The molecule has 19 heteroatoms. The van der Waals surface area contributed by atoms with Crippen molar-refractivity contribution in [2.45, 2.75) is 180 Å². The predicted octanol–water partition coefficient (Wildman–Crippen LogP) is 6.69. The summed E-state index contributed by atoms with van der Waals surface area (Å²) in [5.74, 6) is 22.3. The Bertz CT molecular complexity index is 1760. The maximum atomic E-state index is 11.3. The molecule has 0 radical (unpaired) electrons. The van der Waals surface area contributed by atoms with E-state index >= 15 is 0 Å². The van der Waals surface area contributed by atoms with Gasteiger partial charge in [-0.3, -0.25) is 17.5 Å². The first kappa shape index (κ1) is 74.6. The van der Waals surface area contributed by atoms with E-state index < -0.39 is 39.1 Å². The second kappa shape index (κ2) is 38.5. The van der Waals surface area contributed by atoms with Gasteiger partial charge in [0.05, 0.1) is 18.3 Å². The van der Waals surface area contributed by atoms with Crippen molar-refractivity contribution in [3.63, 3.8) is 0 Å². The van der Waals surface area contributed by atoms with Gasteiger partial charge in [0.15, 0.2) is 0 Å². The lowest BCUT2D eigenvalue weighted by Crippen LogP contribution is -2.53. The molecule has 8 aliphatic rings. The summed E-state index contributed by atoms with van der Waals surface area (Å²) in [4.78, 5) is 2.24. The summed E-state index contributed by atoms with van der Waals surface area (Å²) in [6.45, 7) is 48.2. The first-order valence-electron chi connectivity index (χ1n) is 30.4. The predicted molar refractivity (Wildman–Crippen MR) is 344 cm³/mol. The molecule has 8 rings (SSSR count). The molecule has 77 heavy (non-hydrogen) atoms. The Hall–Kier alpha value is -0.390. The van der Waals surface area contributed by atoms with E-state index in [0.717, 1.165) is 79.3 Å². The van der Waals surface area contributed by atoms with Crippen LogP contribution in [0.3, 0.4) is 0 Å². The van der Waals surface area contributed by atoms with Crippen LogP contribution in [0.15, 0.2) is 0 Å². The second-order valence-corrected chi connectivity index (χ2v) is 34.7. The van der Waals surface area contributed by atoms with E-state index in [2.05, 4.69) is 179 Å². The van der Waals surface area contributed by atoms with Crippen LogP contribution in [0.4, 0.5) is 0 Å². The fraction of sp³-hybridized carbons (Fsp3) is 0.948. The molecule has 0 saturated carbocycles. The van der Waals surface area contributed by atoms with Crippen molar-refractivity contribution in [1.82, 2.24) is 50.4 Å². The highest BCUT2D eigenvalue weighted by Crippen LogP contribution is 2.22. The standard InChI is InChI=1S/2C8H17N.2C7H16N2OS.C7H15NO2S.C7H15NOS.2C7H15N/c1-7(2)8-3-5-9-6-4-8;1-7(2)8-4-3-5-9-6-8;1-6(2)7-4-9-11(3,10)5-8-7;1-7(2)9-4-5-11(3,10)8-6-9;1-6(2)7-3-4-11(9,10)8-5-7;1-6(2)7-4-8-10(3,9)5-7;1-6(2)7-3-4-8-5-7;1-6(2)7-4-3-5-8-7/h2*7-9H,3-6H2,1-2H3;6-8H,3-5H2,1-2H3,(H,9,10);7H,3-6H2,1-2H3,(H,8,10);6-8H,3-5H2,1-2H3;6-7H,3-5H2,1-2H3,(H,8,9);2*6-8H,3-5H2,1-2H3. The quantitative estimate of drug-likeness (QED) is 0.118. The third-order valence-electron chi connectivity index (χ3n) is 16.8. The molecule has 462 valence electrons. The monoisotopic (exact) mass is 1170 g/mol. The second-order valence-electron chi connectivity index (χ2n) is 26.0. The topological polar surface area (TPSA) is 197 Å². The zero-order chi connectivity index (χ0) is 58.6. The maximum Gasteiger partial charge on any atom is 0.211 e. The van der Waals surface area contributed by atoms with Crippen LogP contribution in [-0.4, -0.2) is 163 Å². The molecular formula is C58H126N10O5S4. The number of rotatable bonds is 8. The molecule has 0 aliphatic carbocycles. The van der Waals surface area contributed by atoms with Crippen LogP contribution in [0.1, 0.15) is 162 Å². The van der Waals surface area contributed by atoms with Crippen molar-refractivity contribution < 1.29 is 21.0 Å². The summed E-state index contributed by atoms with van der Waals surface area (Å²) in [6, 6.07) is 1.78. The number of hydrogen-bond donors (Lipinski definition) is 9. The molecular weight excluding hydrogens is 1040 g/mol. The van der Waals surface area contributed by atoms with E-state index in [4.69, 9.17) is 0 Å². The lowest BCUT2D eigenvalue weighted by molar-refractivity contribution is 0.224. The third kappa shape index (κ3) is 34.7. The number of nitrogens with one attached hydrogen (secondary N) is 9. The van der Waals surface area contributed by atoms with E-state index in [1.165, 1.54) is 90.8 Å². The van der Waals surface area contributed by atoms with E-state index in [1.54, 1.807) is 0 Å². The molecule has 0 aromatic heterocycles. The van der Waals surface area contributed by atoms with Gasteiger partial charge in [-0.25, -0.2) is 27.3 Å². The van der Waals surface area contributed by atoms with Crippen LogP contribution in [0.5, 0.6) is 0 Å². The lowest BCUT2D eigenvalue weighted by Gasteiger charge is -2.32. The molecule has 0 aromatic carbocycles. The zero-order valence-electron chi connectivity index (χ0n) is 52.4. The van der Waals surface area contributed by atoms with Crippen LogP contribution in [0, 0.1) is 71.0 Å². The zero-order valence-corrected chi connectivity index (χ0v) is 55.6. The minimum absolute atomic E-state index is 0.301. The van der Waals surface area contributed by atoms with Gasteiger partial charge in [0.1, 0.15) is 0 Å². The summed E-state index contributed by atoms with van der Waals surface area (Å²) in [5, 5.41) is 16.8. The Labute approximate surface area is 478 Å². The van der Waals surface area contributed by atoms with Gasteiger partial charge in [-0.2, -0.15) is 0 Å². The molecule has 9 N–H and O–H groups in total. The van der Waals surface area contributed by atoms with Gasteiger partial charge in [0.25, 0.3) is 0 Å². The van der Waals surface area contributed by atoms with Gasteiger partial charge in [-0.15, -0.1) is 0 Å². The Morgan fingerprint density at radius 1 is 0.403 bits per heavy atom. The van der Waals surface area contributed by atoms with Crippen molar-refractivity contribution in [2.75, 3.05) is 102 Å². The van der Waals surface area contributed by atoms with Crippen LogP contribution < -0.4 is 45.5 Å². The summed E-state index contributed by atoms with van der Waals surface area (Å²) in [7, 11) is -8.74. The first-order chi connectivity index (χ1) is 35.8. The van der Waals surface area contributed by atoms with Gasteiger partial charge >= 0.3 is 0 Å². The van der Waals surface area contributed by atoms with Crippen molar-refractivity contribution in [3.05, 3.63) is 0 Å². The van der Waals surface area contributed by atoms with Gasteiger partial charge in [-0.1, -0.05) is 96.9 Å². The van der Waals surface area contributed by atoms with Gasteiger partial charge < -0.3 is 26.6 Å². The summed E-state index contributed by atoms with van der Waals surface area (Å²) < 4.78 is 67.1. The molecule has 9 atom stereocenters. The minimum atomic E-state index is -2.90. The van der Waals surface area contributed by atoms with Crippen LogP contribution in [-0.2, 0) is 39.1 Å². The number of hydrogen-bond acceptors (Lipinski definition) is 11. The fourth-order valence-electron chi connectivity index (χ4n) is 10.1. The SMILES string of the molecule is C=S1(=O)CC(C(C)C)CN1.C=S1(=O)CCN(C(C)C)CN1.C=S1(=O)CNC(C(C)C)CN1.CC(C)C1CCCN1.CC(C)C1CCCNC1.CC(C)C1CCNC1.CC(C)C1CCNCC1.CC(C)C1CCS(=O)(=O)NC1. The molecule has 0 aromatic rings. The molecule has 8 aliphatic heterocycles. The molecule has 0 amide bonds. The van der Waals surface area contributed by atoms with Crippen LogP contribution in [0.25, 0.3) is 0 Å². The molecule has 15 nitrogen and oxygen atoms in total. The molecule has 8 heterocycles. The highest BCUT2D eigenvalue weighted by molar-refractivity contribution is 7.99. The number of piperidine rings is 2. The highest BCUT2D eigenvalue weighted by atomic mass is 32.2. The molecule has 8 fully saturated rings. The third-order valence-corrected chi connectivity index (χ3v) is 22.6. The van der Waals surface area contributed by atoms with Gasteiger partial charge in [0, 0.05) is 84.9 Å². The lowest BCUT2D eigenvalue weighted by atomic mass is 9.87. The molecule has 8 saturated heterocycles. The van der Waals surface area contributed by atoms with Crippen molar-refractivity contribution in [2.24, 2.45) is 71.0 Å². The van der Waals surface area contributed by atoms with E-state index in [1.807, 2.05) is 0 Å². The van der Waals surface area contributed by atoms with Crippen LogP contribution in [0.2, 0.25) is 0 Å². The molecule has 0 bridgehead atoms. The Morgan fingerprint density at radius 2 is 0.883 bits per heavy atom. The fourth-order valence-corrected chi connectivity index (χ4v) is 15.3. The van der Waals surface area contributed by atoms with Gasteiger partial charge in [0.2, 0.25) is 10.0 Å². The highest BCUT2D eigenvalue weighted by Gasteiger charge is 2.26. The first-order valence-corrected chi connectivity index (χ1v) is 37.7. The van der Waals surface area contributed by atoms with E-state index in [-0.39, 0.29) is 0 Å². The molecule has 9 unspecified atom stereocenters. The van der Waals surface area contributed by atoms with Gasteiger partial charge in [-0.05, 0) is 200 Å². The number of sulfonamides is 1. The average molecular weight is 1170 g/mol. The van der Waals surface area contributed by atoms with Crippen molar-refractivity contribution in [1.29, 1.82) is 0 Å². The Kier molecular flexibility index (Phi) is 37.3. The maximum absolute atomic E-state index is 11.3. The minimum Gasteiger partial charge on any atom is -0.317 e. The summed E-state index contributed by atoms with van der Waals surface area (Å²) >= 11 is 0. The summed E-state index contributed by atoms with van der Waals surface area (Å²) in [5.41, 5.74) is 0. The smallest absolute Gasteiger partial charge is 0.211 e. The largest absolute Gasteiger partial charge is 0.317 e. The summed E-state index contributed by atoms with van der Waals surface area (Å²) in [6.07, 6.45) is 10.5. The van der Waals surface area contributed by atoms with Crippen molar-refractivity contribution >= 4 is 56.8 Å². The Balaban J connectivity index is 0.000000441. The number of nitrogens with zero attached hydrogens (tertiary/aromatic N) is 1. The van der Waals surface area contributed by atoms with E-state index in [0.29, 0.717) is 72.3 Å². The molecule has 0 spiro atoms. The van der Waals surface area contributed by atoms with E-state index in [9.17, 15) is 21.0 Å². The van der Waals surface area contributed by atoms with Crippen molar-refractivity contribution in [3.8, 4) is 0 Å².